The van der Waals surface area contributed by atoms with E-state index in [4.69, 9.17) is 9.90 Å². The van der Waals surface area contributed by atoms with E-state index >= 15 is 0 Å². The molecule has 2 atom stereocenters. The van der Waals surface area contributed by atoms with E-state index in [9.17, 15) is 10.2 Å². The third-order valence-corrected chi connectivity index (χ3v) is 3.65. The van der Waals surface area contributed by atoms with E-state index in [-0.39, 0.29) is 0 Å². The number of aromatic hydroxyl groups is 1. The number of carboxylic acid groups (broad SMARTS) is 1. The molecule has 0 heterocycles. The van der Waals surface area contributed by atoms with E-state index in [1.165, 1.54) is 5.56 Å². The Morgan fingerprint density at radius 2 is 1.64 bits per heavy atom. The average molecular weight is 345 g/mol. The minimum absolute atomic E-state index is 0.302. The van der Waals surface area contributed by atoms with Crippen molar-refractivity contribution in [2.75, 3.05) is 6.54 Å². The van der Waals surface area contributed by atoms with Gasteiger partial charge in [-0.2, -0.15) is 0 Å². The van der Waals surface area contributed by atoms with Crippen LogP contribution in [0.3, 0.4) is 0 Å². The summed E-state index contributed by atoms with van der Waals surface area (Å²) in [5.41, 5.74) is 2.15. The predicted octanol–water partition coefficient (Wildman–Crippen LogP) is 3.13. The van der Waals surface area contributed by atoms with Crippen LogP contribution in [0.25, 0.3) is 0 Å². The molecule has 0 fully saturated rings. The Morgan fingerprint density at radius 3 is 2.20 bits per heavy atom. The number of aryl methyl sites for hydroxylation is 1. The normalized spacial score (nSPS) is 12.6. The van der Waals surface area contributed by atoms with E-state index in [1.54, 1.807) is 12.1 Å². The smallest absolute Gasteiger partial charge is 0.300 e. The van der Waals surface area contributed by atoms with E-state index < -0.39 is 12.1 Å². The van der Waals surface area contributed by atoms with E-state index in [2.05, 4.69) is 12.2 Å². The fourth-order valence-corrected chi connectivity index (χ4v) is 2.25. The van der Waals surface area contributed by atoms with Crippen LogP contribution in [0.5, 0.6) is 5.75 Å². The maximum atomic E-state index is 10.1. The third kappa shape index (κ3) is 9.49. The predicted molar refractivity (Wildman–Crippen MR) is 98.6 cm³/mol. The molecule has 2 aromatic rings. The number of carbonyl (C=O) groups is 1. The van der Waals surface area contributed by atoms with Gasteiger partial charge < -0.3 is 20.6 Å². The molecule has 0 radical (unpaired) electrons. The zero-order chi connectivity index (χ0) is 18.7. The fourth-order valence-electron chi connectivity index (χ4n) is 2.25. The number of carboxylic acids is 1. The zero-order valence-corrected chi connectivity index (χ0v) is 14.7. The number of aliphatic hydroxyl groups excluding tert-OH is 1. The number of phenols is 1. The molecule has 0 amide bonds. The number of phenolic OH excluding ortho intramolecular Hbond substituents is 1. The van der Waals surface area contributed by atoms with Crippen LogP contribution in [0.4, 0.5) is 0 Å². The number of aliphatic hydroxyl groups is 1. The van der Waals surface area contributed by atoms with Gasteiger partial charge in [-0.05, 0) is 43.0 Å². The summed E-state index contributed by atoms with van der Waals surface area (Å²) in [5.74, 6) is -0.532. The van der Waals surface area contributed by atoms with Crippen molar-refractivity contribution in [1.82, 2.24) is 5.32 Å². The number of hydrogen-bond donors (Lipinski definition) is 4. The van der Waals surface area contributed by atoms with Crippen LogP contribution in [0.15, 0.2) is 54.6 Å². The molecule has 0 saturated heterocycles. The third-order valence-electron chi connectivity index (χ3n) is 3.65. The van der Waals surface area contributed by atoms with Crippen LogP contribution in [0.2, 0.25) is 0 Å². The standard InChI is InChI=1S/C18H23NO2.C2H4O2/c1-14(7-8-15-9-11-17(20)12-10-15)19-13-18(21)16-5-3-2-4-6-16;1-2(3)4/h2-6,9-12,14,18-21H,7-8,13H2,1H3;1H3,(H,3,4)/t14-,18-;/m0./s1. The fraction of sp³-hybridized carbons (Fsp3) is 0.350. The van der Waals surface area contributed by atoms with Crippen LogP contribution in [0, 0.1) is 0 Å². The molecule has 5 heteroatoms. The van der Waals surface area contributed by atoms with Crippen molar-refractivity contribution in [1.29, 1.82) is 0 Å². The molecule has 0 aliphatic rings. The SMILES string of the molecule is CC(=O)O.C[C@@H](CCc1ccc(O)cc1)NC[C@H](O)c1ccccc1. The van der Waals surface area contributed by atoms with Crippen LogP contribution < -0.4 is 5.32 Å². The summed E-state index contributed by atoms with van der Waals surface area (Å²) in [7, 11) is 0. The Morgan fingerprint density at radius 1 is 1.08 bits per heavy atom. The molecule has 0 unspecified atom stereocenters. The van der Waals surface area contributed by atoms with E-state index in [1.807, 2.05) is 42.5 Å². The second-order valence-corrected chi connectivity index (χ2v) is 5.96. The summed E-state index contributed by atoms with van der Waals surface area (Å²) in [6.07, 6.45) is 1.48. The molecular weight excluding hydrogens is 318 g/mol. The average Bonchev–Trinajstić information content (AvgIpc) is 2.59. The molecule has 0 aromatic heterocycles. The van der Waals surface area contributed by atoms with Gasteiger partial charge >= 0.3 is 0 Å². The first-order valence-electron chi connectivity index (χ1n) is 8.32. The molecule has 5 nitrogen and oxygen atoms in total. The van der Waals surface area contributed by atoms with Crippen molar-refractivity contribution in [3.63, 3.8) is 0 Å². The Labute approximate surface area is 149 Å². The minimum atomic E-state index is -0.833. The highest BCUT2D eigenvalue weighted by atomic mass is 16.4. The van der Waals surface area contributed by atoms with Gasteiger partial charge in [0.05, 0.1) is 6.10 Å². The summed E-state index contributed by atoms with van der Waals surface area (Å²) in [5, 5.41) is 30.1. The van der Waals surface area contributed by atoms with Gasteiger partial charge in [0.1, 0.15) is 5.75 Å². The highest BCUT2D eigenvalue weighted by Crippen LogP contribution is 2.13. The van der Waals surface area contributed by atoms with E-state index in [0.717, 1.165) is 25.3 Å². The Kier molecular flexibility index (Phi) is 9.29. The molecule has 0 spiro atoms. The molecule has 136 valence electrons. The summed E-state index contributed by atoms with van der Waals surface area (Å²) in [6, 6.07) is 17.3. The summed E-state index contributed by atoms with van der Waals surface area (Å²) < 4.78 is 0. The lowest BCUT2D eigenvalue weighted by Gasteiger charge is -2.17. The van der Waals surface area contributed by atoms with Gasteiger partial charge in [-0.3, -0.25) is 4.79 Å². The first-order chi connectivity index (χ1) is 11.9. The van der Waals surface area contributed by atoms with Gasteiger partial charge in [-0.15, -0.1) is 0 Å². The highest BCUT2D eigenvalue weighted by molar-refractivity contribution is 5.62. The summed E-state index contributed by atoms with van der Waals surface area (Å²) >= 11 is 0. The molecule has 25 heavy (non-hydrogen) atoms. The van der Waals surface area contributed by atoms with Gasteiger partial charge in [0.15, 0.2) is 0 Å². The lowest BCUT2D eigenvalue weighted by atomic mass is 10.1. The number of benzene rings is 2. The first-order valence-corrected chi connectivity index (χ1v) is 8.32. The van der Waals surface area contributed by atoms with Crippen molar-refractivity contribution in [3.8, 4) is 5.75 Å². The quantitative estimate of drug-likeness (QED) is 0.619. The second kappa shape index (κ2) is 11.2. The highest BCUT2D eigenvalue weighted by Gasteiger charge is 2.09. The van der Waals surface area contributed by atoms with Crippen molar-refractivity contribution < 1.29 is 20.1 Å². The monoisotopic (exact) mass is 345 g/mol. The molecule has 2 rings (SSSR count). The van der Waals surface area contributed by atoms with Crippen molar-refractivity contribution >= 4 is 5.97 Å². The maximum absolute atomic E-state index is 10.1. The lowest BCUT2D eigenvalue weighted by Crippen LogP contribution is -2.30. The first kappa shape index (κ1) is 20.7. The van der Waals surface area contributed by atoms with E-state index in [0.29, 0.717) is 18.3 Å². The van der Waals surface area contributed by atoms with Crippen LogP contribution >= 0.6 is 0 Å². The van der Waals surface area contributed by atoms with Crippen LogP contribution in [-0.2, 0) is 11.2 Å². The number of aliphatic carboxylic acids is 1. The summed E-state index contributed by atoms with van der Waals surface area (Å²) in [6.45, 7) is 3.76. The lowest BCUT2D eigenvalue weighted by molar-refractivity contribution is -0.134. The van der Waals surface area contributed by atoms with Crippen molar-refractivity contribution in [2.24, 2.45) is 0 Å². The van der Waals surface area contributed by atoms with Crippen LogP contribution in [0.1, 0.15) is 37.5 Å². The van der Waals surface area contributed by atoms with Crippen LogP contribution in [-0.4, -0.2) is 33.9 Å². The van der Waals surface area contributed by atoms with Crippen molar-refractivity contribution in [3.05, 3.63) is 65.7 Å². The van der Waals surface area contributed by atoms with Gasteiger partial charge in [0.2, 0.25) is 0 Å². The number of hydrogen-bond acceptors (Lipinski definition) is 4. The second-order valence-electron chi connectivity index (χ2n) is 5.96. The Balaban J connectivity index is 0.000000705. The molecule has 4 N–H and O–H groups in total. The maximum Gasteiger partial charge on any atom is 0.300 e. The Hall–Kier alpha value is -2.37. The molecule has 0 saturated carbocycles. The Bertz CT molecular complexity index is 609. The molecule has 0 bridgehead atoms. The molecule has 0 aliphatic carbocycles. The van der Waals surface area contributed by atoms with Gasteiger partial charge in [0, 0.05) is 19.5 Å². The largest absolute Gasteiger partial charge is 0.508 e. The molecule has 0 aliphatic heterocycles. The topological polar surface area (TPSA) is 89.8 Å². The van der Waals surface area contributed by atoms with Gasteiger partial charge in [0.25, 0.3) is 5.97 Å². The zero-order valence-electron chi connectivity index (χ0n) is 14.7. The van der Waals surface area contributed by atoms with Gasteiger partial charge in [-0.25, -0.2) is 0 Å². The number of rotatable bonds is 7. The van der Waals surface area contributed by atoms with Gasteiger partial charge in [-0.1, -0.05) is 42.5 Å². The molecule has 2 aromatic carbocycles. The van der Waals surface area contributed by atoms with Crippen molar-refractivity contribution in [2.45, 2.75) is 38.8 Å². The summed E-state index contributed by atoms with van der Waals surface area (Å²) in [4.78, 5) is 9.00. The number of nitrogens with one attached hydrogen (secondary N) is 1. The molecular formula is C20H27NO4. The minimum Gasteiger partial charge on any atom is -0.508 e.